The number of amides is 1. The predicted molar refractivity (Wildman–Crippen MR) is 118 cm³/mol. The molecule has 0 spiro atoms. The minimum atomic E-state index is -3.55. The first-order valence-corrected chi connectivity index (χ1v) is 11.2. The number of aryl methyl sites for hydroxylation is 2. The van der Waals surface area contributed by atoms with Crippen LogP contribution in [0.5, 0.6) is 0 Å². The average molecular weight is 449 g/mol. The summed E-state index contributed by atoms with van der Waals surface area (Å²) in [7, 11) is 1.24. The molecule has 7 nitrogen and oxygen atoms in total. The van der Waals surface area contributed by atoms with E-state index in [4.69, 9.17) is 12.2 Å². The van der Waals surface area contributed by atoms with Gasteiger partial charge in [0.25, 0.3) is 5.91 Å². The van der Waals surface area contributed by atoms with Crippen LogP contribution in [0.2, 0.25) is 0 Å². The minimum absolute atomic E-state index is 0.0406. The summed E-state index contributed by atoms with van der Waals surface area (Å²) in [6.45, 7) is 2.02. The van der Waals surface area contributed by atoms with E-state index in [0.717, 1.165) is 20.1 Å². The second kappa shape index (κ2) is 8.15. The van der Waals surface area contributed by atoms with Gasteiger partial charge < -0.3 is 4.57 Å². The van der Waals surface area contributed by atoms with Crippen molar-refractivity contribution >= 4 is 54.8 Å². The summed E-state index contributed by atoms with van der Waals surface area (Å²) in [4.78, 5) is 17.5. The number of carbonyl (C=O) groups excluding carboxylic acids is 1. The molecule has 0 aliphatic carbocycles. The van der Waals surface area contributed by atoms with Gasteiger partial charge in [0.05, 0.1) is 15.1 Å². The van der Waals surface area contributed by atoms with Crippen molar-refractivity contribution in [2.75, 3.05) is 14.1 Å². The second-order valence-corrected chi connectivity index (χ2v) is 10.1. The zero-order valence-electron chi connectivity index (χ0n) is 16.3. The molecule has 0 saturated carbocycles. The van der Waals surface area contributed by atoms with Crippen LogP contribution in [0.3, 0.4) is 0 Å². The van der Waals surface area contributed by atoms with Gasteiger partial charge in [-0.05, 0) is 61.1 Å². The Morgan fingerprint density at radius 3 is 2.45 bits per heavy atom. The zero-order valence-corrected chi connectivity index (χ0v) is 18.8. The number of thiocarbonyl (C=S) groups is 1. The van der Waals surface area contributed by atoms with Gasteiger partial charge in [-0.1, -0.05) is 17.4 Å². The van der Waals surface area contributed by atoms with E-state index in [2.05, 4.69) is 16.4 Å². The predicted octanol–water partition coefficient (Wildman–Crippen LogP) is 2.41. The molecule has 10 heteroatoms. The average Bonchev–Trinajstić information content (AvgIpc) is 2.96. The molecule has 0 bridgehead atoms. The zero-order chi connectivity index (χ0) is 21.3. The number of rotatable bonds is 3. The number of hydrogen-bond acceptors (Lipinski definition) is 5. The number of fused-ring (bicyclic) bond motifs is 1. The lowest BCUT2D eigenvalue weighted by Gasteiger charge is -2.11. The third-order valence-electron chi connectivity index (χ3n) is 4.28. The van der Waals surface area contributed by atoms with Crippen molar-refractivity contribution in [3.8, 4) is 0 Å². The van der Waals surface area contributed by atoms with E-state index >= 15 is 0 Å². The highest BCUT2D eigenvalue weighted by molar-refractivity contribution is 7.89. The standard InChI is InChI=1S/C19H20N4O3S3/c1-12-5-10-15-16(11-12)28-19(23(15)4)21-18(27)20-17(24)13-6-8-14(9-7-13)29(25,26)22(2)3/h5-11H,1-4H3,(H,20,24,27)/b21-19-. The van der Waals surface area contributed by atoms with Gasteiger partial charge in [-0.15, -0.1) is 0 Å². The Morgan fingerprint density at radius 1 is 1.17 bits per heavy atom. The molecule has 1 amide bonds. The van der Waals surface area contributed by atoms with Gasteiger partial charge in [-0.2, -0.15) is 4.99 Å². The highest BCUT2D eigenvalue weighted by Crippen LogP contribution is 2.18. The maximum Gasteiger partial charge on any atom is 0.257 e. The molecular weight excluding hydrogens is 428 g/mol. The molecule has 152 valence electrons. The van der Waals surface area contributed by atoms with E-state index < -0.39 is 15.9 Å². The maximum atomic E-state index is 12.4. The van der Waals surface area contributed by atoms with Crippen LogP contribution in [0.25, 0.3) is 10.2 Å². The topological polar surface area (TPSA) is 83.8 Å². The third-order valence-corrected chi connectivity index (χ3v) is 7.39. The lowest BCUT2D eigenvalue weighted by atomic mass is 10.2. The van der Waals surface area contributed by atoms with Crippen molar-refractivity contribution in [1.29, 1.82) is 0 Å². The van der Waals surface area contributed by atoms with Gasteiger partial charge in [0.15, 0.2) is 4.80 Å². The molecule has 0 aliphatic heterocycles. The normalized spacial score (nSPS) is 12.5. The lowest BCUT2D eigenvalue weighted by Crippen LogP contribution is -2.29. The Kier molecular flexibility index (Phi) is 5.99. The Morgan fingerprint density at radius 2 is 1.83 bits per heavy atom. The Hall–Kier alpha value is -2.40. The van der Waals surface area contributed by atoms with Crippen LogP contribution in [0.15, 0.2) is 52.4 Å². The van der Waals surface area contributed by atoms with Crippen LogP contribution in [0.4, 0.5) is 0 Å². The molecule has 0 aliphatic rings. The number of nitrogens with one attached hydrogen (secondary N) is 1. The summed E-state index contributed by atoms with van der Waals surface area (Å²) >= 11 is 6.70. The van der Waals surface area contributed by atoms with E-state index in [1.165, 1.54) is 49.7 Å². The fraction of sp³-hybridized carbons (Fsp3) is 0.211. The third kappa shape index (κ3) is 4.45. The molecule has 1 heterocycles. The molecule has 2 aromatic carbocycles. The molecule has 1 N–H and O–H groups in total. The van der Waals surface area contributed by atoms with Gasteiger partial charge in [0.1, 0.15) is 0 Å². The number of carbonyl (C=O) groups is 1. The number of hydrogen-bond donors (Lipinski definition) is 1. The summed E-state index contributed by atoms with van der Waals surface area (Å²) in [5, 5.41) is 2.61. The molecular formula is C19H20N4O3S3. The van der Waals surface area contributed by atoms with Crippen LogP contribution >= 0.6 is 23.6 Å². The fourth-order valence-electron chi connectivity index (χ4n) is 2.62. The van der Waals surface area contributed by atoms with Crippen LogP contribution in [-0.4, -0.2) is 42.4 Å². The first-order chi connectivity index (χ1) is 13.6. The summed E-state index contributed by atoms with van der Waals surface area (Å²) in [5.74, 6) is -0.452. The van der Waals surface area contributed by atoms with Crippen molar-refractivity contribution in [2.45, 2.75) is 11.8 Å². The number of aromatic nitrogens is 1. The summed E-state index contributed by atoms with van der Waals surface area (Å²) in [5.41, 5.74) is 2.48. The van der Waals surface area contributed by atoms with E-state index in [-0.39, 0.29) is 15.6 Å². The van der Waals surface area contributed by atoms with Crippen molar-refractivity contribution in [1.82, 2.24) is 14.2 Å². The fourth-order valence-corrected chi connectivity index (χ4v) is 4.88. The molecule has 0 unspecified atom stereocenters. The van der Waals surface area contributed by atoms with Crippen LogP contribution in [0.1, 0.15) is 15.9 Å². The first kappa shape index (κ1) is 21.3. The Balaban J connectivity index is 1.80. The SMILES string of the molecule is Cc1ccc2c(c1)s/c(=N\C(=S)NC(=O)c1ccc(S(=O)(=O)N(C)C)cc1)n2C. The summed E-state index contributed by atoms with van der Waals surface area (Å²) in [6, 6.07) is 11.8. The van der Waals surface area contributed by atoms with Crippen LogP contribution in [0, 0.1) is 6.92 Å². The van der Waals surface area contributed by atoms with Gasteiger partial charge >= 0.3 is 0 Å². The Labute approximate surface area is 178 Å². The quantitative estimate of drug-likeness (QED) is 0.624. The van der Waals surface area contributed by atoms with E-state index in [9.17, 15) is 13.2 Å². The largest absolute Gasteiger partial charge is 0.319 e. The summed E-state index contributed by atoms with van der Waals surface area (Å²) in [6.07, 6.45) is 0. The highest BCUT2D eigenvalue weighted by atomic mass is 32.2. The molecule has 0 radical (unpaired) electrons. The van der Waals surface area contributed by atoms with Gasteiger partial charge in [0, 0.05) is 26.7 Å². The molecule has 0 atom stereocenters. The Bertz CT molecular complexity index is 1270. The van der Waals surface area contributed by atoms with Crippen LogP contribution < -0.4 is 10.1 Å². The number of benzene rings is 2. The van der Waals surface area contributed by atoms with Crippen molar-refractivity contribution in [2.24, 2.45) is 12.0 Å². The minimum Gasteiger partial charge on any atom is -0.319 e. The van der Waals surface area contributed by atoms with Crippen molar-refractivity contribution in [3.05, 3.63) is 58.4 Å². The molecule has 0 saturated heterocycles. The number of sulfonamides is 1. The van der Waals surface area contributed by atoms with Crippen molar-refractivity contribution < 1.29 is 13.2 Å². The van der Waals surface area contributed by atoms with E-state index in [1.807, 2.05) is 30.7 Å². The highest BCUT2D eigenvalue weighted by Gasteiger charge is 2.17. The second-order valence-electron chi connectivity index (χ2n) is 6.60. The summed E-state index contributed by atoms with van der Waals surface area (Å²) < 4.78 is 28.3. The van der Waals surface area contributed by atoms with Gasteiger partial charge in [-0.3, -0.25) is 10.1 Å². The van der Waals surface area contributed by atoms with E-state index in [0.29, 0.717) is 4.80 Å². The first-order valence-electron chi connectivity index (χ1n) is 8.58. The number of thiazole rings is 1. The molecule has 3 rings (SSSR count). The van der Waals surface area contributed by atoms with Gasteiger partial charge in [-0.25, -0.2) is 12.7 Å². The maximum absolute atomic E-state index is 12.4. The molecule has 0 fully saturated rings. The molecule has 29 heavy (non-hydrogen) atoms. The van der Waals surface area contributed by atoms with Crippen molar-refractivity contribution in [3.63, 3.8) is 0 Å². The molecule has 1 aromatic heterocycles. The van der Waals surface area contributed by atoms with E-state index in [1.54, 1.807) is 0 Å². The molecule has 3 aromatic rings. The number of nitrogens with zero attached hydrogens (tertiary/aromatic N) is 3. The van der Waals surface area contributed by atoms with Crippen LogP contribution in [-0.2, 0) is 17.1 Å². The monoisotopic (exact) mass is 448 g/mol. The lowest BCUT2D eigenvalue weighted by molar-refractivity contribution is 0.0977. The van der Waals surface area contributed by atoms with Gasteiger partial charge in [0.2, 0.25) is 15.1 Å². The smallest absolute Gasteiger partial charge is 0.257 e.